The van der Waals surface area contributed by atoms with E-state index in [1.165, 1.54) is 13.4 Å². The monoisotopic (exact) mass is 596 g/mol. The summed E-state index contributed by atoms with van der Waals surface area (Å²) < 4.78 is 32.5. The molecule has 0 fully saturated rings. The number of nitrogens with zero attached hydrogens (tertiary/aromatic N) is 6. The van der Waals surface area contributed by atoms with E-state index in [9.17, 15) is 18.0 Å². The van der Waals surface area contributed by atoms with Crippen molar-refractivity contribution in [3.8, 4) is 6.07 Å². The number of hydrogen-bond acceptors (Lipinski definition) is 7. The maximum Gasteiger partial charge on any atom is 0.331 e. The standard InChI is InChI=1S/C32H32N6O4S/c1-4-17-36-28-20-26(14-15-27(28)31(39)37(32(36)40)22-24-12-10-23(21-33)11-13-24)38(19-18-35(2)3)43(41,42)29-9-5-7-25-8-6-16-34-30(25)29/h5-16,20H,4,17-19,22H2,1-3H3. The average Bonchev–Trinajstić information content (AvgIpc) is 3.01. The first kappa shape index (κ1) is 29.7. The van der Waals surface area contributed by atoms with E-state index in [0.717, 1.165) is 0 Å². The Bertz CT molecular complexity index is 2070. The minimum absolute atomic E-state index is 0.0439. The zero-order chi connectivity index (χ0) is 30.7. The highest BCUT2D eigenvalue weighted by atomic mass is 32.2. The van der Waals surface area contributed by atoms with Gasteiger partial charge in [0.1, 0.15) is 4.90 Å². The quantitative estimate of drug-likeness (QED) is 0.240. The van der Waals surface area contributed by atoms with Crippen LogP contribution in [0.1, 0.15) is 24.5 Å². The molecule has 0 atom stereocenters. The van der Waals surface area contributed by atoms with Crippen LogP contribution in [0.5, 0.6) is 0 Å². The van der Waals surface area contributed by atoms with Crippen molar-refractivity contribution in [2.24, 2.45) is 0 Å². The molecule has 5 aromatic rings. The van der Waals surface area contributed by atoms with Crippen LogP contribution in [0.3, 0.4) is 0 Å². The van der Waals surface area contributed by atoms with Gasteiger partial charge in [-0.2, -0.15) is 5.26 Å². The van der Waals surface area contributed by atoms with Crippen molar-refractivity contribution < 1.29 is 8.42 Å². The van der Waals surface area contributed by atoms with Gasteiger partial charge < -0.3 is 4.90 Å². The van der Waals surface area contributed by atoms with Gasteiger partial charge in [-0.1, -0.05) is 37.3 Å². The van der Waals surface area contributed by atoms with Crippen LogP contribution in [0.4, 0.5) is 5.69 Å². The first-order valence-corrected chi connectivity index (χ1v) is 15.4. The molecule has 10 nitrogen and oxygen atoms in total. The van der Waals surface area contributed by atoms with Crippen molar-refractivity contribution in [3.05, 3.63) is 111 Å². The second-order valence-electron chi connectivity index (χ2n) is 10.5. The number of rotatable bonds is 10. The Balaban J connectivity index is 1.68. The zero-order valence-electron chi connectivity index (χ0n) is 24.3. The first-order chi connectivity index (χ1) is 20.6. The molecule has 0 unspecified atom stereocenters. The van der Waals surface area contributed by atoms with E-state index in [4.69, 9.17) is 5.26 Å². The summed E-state index contributed by atoms with van der Waals surface area (Å²) in [6.45, 7) is 2.88. The van der Waals surface area contributed by atoms with Crippen molar-refractivity contribution in [2.45, 2.75) is 31.3 Å². The summed E-state index contributed by atoms with van der Waals surface area (Å²) in [7, 11) is -0.373. The highest BCUT2D eigenvalue weighted by Crippen LogP contribution is 2.29. The van der Waals surface area contributed by atoms with Crippen molar-refractivity contribution >= 4 is 37.5 Å². The molecule has 43 heavy (non-hydrogen) atoms. The molecule has 0 N–H and O–H groups in total. The molecule has 5 rings (SSSR count). The van der Waals surface area contributed by atoms with Crippen molar-refractivity contribution in [2.75, 3.05) is 31.5 Å². The van der Waals surface area contributed by atoms with Gasteiger partial charge in [-0.05, 0) is 68.5 Å². The molecule has 0 amide bonds. The summed E-state index contributed by atoms with van der Waals surface area (Å²) in [5.74, 6) is 0. The number of pyridine rings is 1. The molecule has 11 heteroatoms. The molecule has 2 aromatic heterocycles. The predicted octanol–water partition coefficient (Wildman–Crippen LogP) is 3.80. The van der Waals surface area contributed by atoms with E-state index in [2.05, 4.69) is 11.1 Å². The van der Waals surface area contributed by atoms with E-state index in [1.54, 1.807) is 66.9 Å². The number of hydrogen-bond donors (Lipinski definition) is 0. The van der Waals surface area contributed by atoms with Crippen LogP contribution in [0.15, 0.2) is 93.5 Å². The topological polar surface area (TPSA) is 121 Å². The van der Waals surface area contributed by atoms with E-state index in [1.807, 2.05) is 38.1 Å². The molecule has 220 valence electrons. The molecule has 0 saturated heterocycles. The van der Waals surface area contributed by atoms with Crippen molar-refractivity contribution in [3.63, 3.8) is 0 Å². The van der Waals surface area contributed by atoms with E-state index in [-0.39, 0.29) is 18.0 Å². The SMILES string of the molecule is CCCn1c(=O)n(Cc2ccc(C#N)cc2)c(=O)c2ccc(N(CCN(C)C)S(=O)(=O)c3cccc4cccnc34)cc21. The molecule has 0 saturated carbocycles. The molecule has 2 heterocycles. The van der Waals surface area contributed by atoms with Gasteiger partial charge in [0.2, 0.25) is 0 Å². The van der Waals surface area contributed by atoms with Crippen LogP contribution in [-0.4, -0.2) is 54.6 Å². The van der Waals surface area contributed by atoms with E-state index < -0.39 is 21.3 Å². The summed E-state index contributed by atoms with van der Waals surface area (Å²) >= 11 is 0. The van der Waals surface area contributed by atoms with Crippen LogP contribution in [-0.2, 0) is 23.1 Å². The Morgan fingerprint density at radius 1 is 0.930 bits per heavy atom. The molecule has 0 aliphatic rings. The Morgan fingerprint density at radius 3 is 2.37 bits per heavy atom. The number of aromatic nitrogens is 3. The second-order valence-corrected chi connectivity index (χ2v) is 12.4. The lowest BCUT2D eigenvalue weighted by Crippen LogP contribution is -2.41. The fourth-order valence-electron chi connectivity index (χ4n) is 5.09. The summed E-state index contributed by atoms with van der Waals surface area (Å²) in [6.07, 6.45) is 2.19. The number of nitriles is 1. The molecular weight excluding hydrogens is 564 g/mol. The van der Waals surface area contributed by atoms with Crippen LogP contribution < -0.4 is 15.6 Å². The van der Waals surface area contributed by atoms with Crippen molar-refractivity contribution in [1.82, 2.24) is 19.0 Å². The largest absolute Gasteiger partial charge is 0.331 e. The minimum Gasteiger partial charge on any atom is -0.308 e. The molecule has 0 spiro atoms. The number of fused-ring (bicyclic) bond motifs is 2. The lowest BCUT2D eigenvalue weighted by molar-refractivity contribution is 0.419. The smallest absolute Gasteiger partial charge is 0.308 e. The maximum atomic E-state index is 14.3. The Kier molecular flexibility index (Phi) is 8.43. The van der Waals surface area contributed by atoms with Gasteiger partial charge in [-0.25, -0.2) is 13.2 Å². The molecule has 0 aliphatic carbocycles. The summed E-state index contributed by atoms with van der Waals surface area (Å²) in [4.78, 5) is 33.7. The fraction of sp³-hybridized carbons (Fsp3) is 0.250. The van der Waals surface area contributed by atoms with Crippen molar-refractivity contribution in [1.29, 1.82) is 5.26 Å². The lowest BCUT2D eigenvalue weighted by Gasteiger charge is -2.27. The molecule has 0 bridgehead atoms. The summed E-state index contributed by atoms with van der Waals surface area (Å²) in [6, 6.07) is 22.2. The molecule has 3 aromatic carbocycles. The van der Waals surface area contributed by atoms with E-state index >= 15 is 0 Å². The number of para-hydroxylation sites is 1. The molecule has 0 aliphatic heterocycles. The highest BCUT2D eigenvalue weighted by Gasteiger charge is 2.28. The third kappa shape index (κ3) is 5.80. The summed E-state index contributed by atoms with van der Waals surface area (Å²) in [5.41, 5.74) is 1.32. The van der Waals surface area contributed by atoms with Crippen LogP contribution in [0, 0.1) is 11.3 Å². The van der Waals surface area contributed by atoms with Gasteiger partial charge in [-0.15, -0.1) is 0 Å². The summed E-state index contributed by atoms with van der Waals surface area (Å²) in [5, 5.41) is 10.1. The first-order valence-electron chi connectivity index (χ1n) is 13.9. The Hall–Kier alpha value is -4.79. The van der Waals surface area contributed by atoms with Gasteiger partial charge in [0.25, 0.3) is 15.6 Å². The fourth-order valence-corrected chi connectivity index (χ4v) is 6.70. The zero-order valence-corrected chi connectivity index (χ0v) is 25.1. The van der Waals surface area contributed by atoms with Gasteiger partial charge in [0.05, 0.1) is 40.3 Å². The predicted molar refractivity (Wildman–Crippen MR) is 168 cm³/mol. The number of likely N-dealkylation sites (N-methyl/N-ethyl adjacent to an activating group) is 1. The van der Waals surface area contributed by atoms with Gasteiger partial charge >= 0.3 is 5.69 Å². The average molecular weight is 597 g/mol. The second kappa shape index (κ2) is 12.2. The minimum atomic E-state index is -4.09. The third-order valence-corrected chi connectivity index (χ3v) is 9.14. The number of sulfonamides is 1. The number of aryl methyl sites for hydroxylation is 1. The van der Waals surface area contributed by atoms with Crippen LogP contribution in [0.2, 0.25) is 0 Å². The Labute approximate surface area is 249 Å². The molecule has 0 radical (unpaired) electrons. The Morgan fingerprint density at radius 2 is 1.67 bits per heavy atom. The van der Waals surface area contributed by atoms with Crippen LogP contribution in [0.25, 0.3) is 21.8 Å². The maximum absolute atomic E-state index is 14.3. The van der Waals surface area contributed by atoms with Gasteiger partial charge in [0.15, 0.2) is 0 Å². The van der Waals surface area contributed by atoms with Crippen LogP contribution >= 0.6 is 0 Å². The third-order valence-electron chi connectivity index (χ3n) is 7.28. The number of benzene rings is 3. The van der Waals surface area contributed by atoms with Gasteiger partial charge in [0, 0.05) is 31.2 Å². The highest BCUT2D eigenvalue weighted by molar-refractivity contribution is 7.93. The van der Waals surface area contributed by atoms with E-state index in [0.29, 0.717) is 58.1 Å². The molecular formula is C32H32N6O4S. The number of anilines is 1. The van der Waals surface area contributed by atoms with Gasteiger partial charge in [-0.3, -0.25) is 23.2 Å². The normalized spacial score (nSPS) is 11.7. The lowest BCUT2D eigenvalue weighted by atomic mass is 10.1.